The van der Waals surface area contributed by atoms with Gasteiger partial charge in [-0.15, -0.1) is 0 Å². The molecule has 0 aliphatic rings. The van der Waals surface area contributed by atoms with Crippen LogP contribution in [0.25, 0.3) is 0 Å². The van der Waals surface area contributed by atoms with Crippen LogP contribution in [0.4, 0.5) is 4.79 Å². The number of alkyl carbamates (subject to hydrolysis) is 1. The zero-order valence-corrected chi connectivity index (χ0v) is 12.9. The second-order valence-corrected chi connectivity index (χ2v) is 6.01. The number of aliphatic hydroxyl groups is 1. The van der Waals surface area contributed by atoms with Crippen molar-refractivity contribution in [1.29, 1.82) is 0 Å². The first-order valence-electron chi connectivity index (χ1n) is 6.85. The smallest absolute Gasteiger partial charge is 0.407 e. The van der Waals surface area contributed by atoms with Crippen LogP contribution in [0.15, 0.2) is 0 Å². The van der Waals surface area contributed by atoms with E-state index in [1.54, 1.807) is 7.11 Å². The van der Waals surface area contributed by atoms with Crippen molar-refractivity contribution < 1.29 is 19.4 Å². The van der Waals surface area contributed by atoms with Gasteiger partial charge in [0, 0.05) is 25.7 Å². The van der Waals surface area contributed by atoms with Gasteiger partial charge >= 0.3 is 6.09 Å². The number of hydrogen-bond donors (Lipinski definition) is 2. The summed E-state index contributed by atoms with van der Waals surface area (Å²) in [6.07, 6.45) is 2.05. The molecular weight excluding hydrogens is 246 g/mol. The lowest BCUT2D eigenvalue weighted by Crippen LogP contribution is -2.42. The van der Waals surface area contributed by atoms with Crippen molar-refractivity contribution in [3.63, 3.8) is 0 Å². The van der Waals surface area contributed by atoms with E-state index in [9.17, 15) is 9.90 Å². The molecule has 0 saturated heterocycles. The zero-order valence-electron chi connectivity index (χ0n) is 12.9. The van der Waals surface area contributed by atoms with Crippen LogP contribution in [0.2, 0.25) is 0 Å². The maximum Gasteiger partial charge on any atom is 0.407 e. The summed E-state index contributed by atoms with van der Waals surface area (Å²) < 4.78 is 10.3. The molecule has 5 heteroatoms. The molecule has 1 unspecified atom stereocenters. The van der Waals surface area contributed by atoms with Crippen LogP contribution in [0.3, 0.4) is 0 Å². The second-order valence-electron chi connectivity index (χ2n) is 6.01. The summed E-state index contributed by atoms with van der Waals surface area (Å²) in [5, 5.41) is 12.4. The minimum Gasteiger partial charge on any atom is -0.444 e. The lowest BCUT2D eigenvalue weighted by atomic mass is 9.81. The van der Waals surface area contributed by atoms with Crippen molar-refractivity contribution in [2.45, 2.75) is 52.6 Å². The van der Waals surface area contributed by atoms with E-state index in [4.69, 9.17) is 9.47 Å². The molecule has 1 amide bonds. The van der Waals surface area contributed by atoms with E-state index in [2.05, 4.69) is 12.2 Å². The summed E-state index contributed by atoms with van der Waals surface area (Å²) in [7, 11) is 1.63. The van der Waals surface area contributed by atoms with E-state index in [-0.39, 0.29) is 12.0 Å². The van der Waals surface area contributed by atoms with Crippen LogP contribution in [0.1, 0.15) is 47.0 Å². The Morgan fingerprint density at radius 2 is 1.89 bits per heavy atom. The van der Waals surface area contributed by atoms with Crippen LogP contribution < -0.4 is 5.32 Å². The first kappa shape index (κ1) is 18.2. The fourth-order valence-electron chi connectivity index (χ4n) is 1.94. The molecule has 0 heterocycles. The van der Waals surface area contributed by atoms with Crippen molar-refractivity contribution >= 4 is 6.09 Å². The molecule has 0 aromatic heterocycles. The Morgan fingerprint density at radius 1 is 1.26 bits per heavy atom. The summed E-state index contributed by atoms with van der Waals surface area (Å²) in [6.45, 7) is 8.52. The van der Waals surface area contributed by atoms with Gasteiger partial charge in [0.2, 0.25) is 0 Å². The number of nitrogens with one attached hydrogen (secondary N) is 1. The molecule has 0 radical (unpaired) electrons. The van der Waals surface area contributed by atoms with E-state index in [1.165, 1.54) is 0 Å². The van der Waals surface area contributed by atoms with Gasteiger partial charge in [0.15, 0.2) is 0 Å². The topological polar surface area (TPSA) is 67.8 Å². The third-order valence-electron chi connectivity index (χ3n) is 2.96. The molecule has 0 aromatic carbocycles. The minimum atomic E-state index is -0.511. The normalized spacial score (nSPS) is 14.8. The van der Waals surface area contributed by atoms with Crippen LogP contribution >= 0.6 is 0 Å². The molecule has 0 bridgehead atoms. The van der Waals surface area contributed by atoms with Gasteiger partial charge in [-0.3, -0.25) is 0 Å². The molecule has 5 nitrogen and oxygen atoms in total. The van der Waals surface area contributed by atoms with E-state index in [0.717, 1.165) is 12.8 Å². The number of amides is 1. The van der Waals surface area contributed by atoms with E-state index in [0.29, 0.717) is 19.6 Å². The molecule has 0 aromatic rings. The highest BCUT2D eigenvalue weighted by molar-refractivity contribution is 5.67. The third kappa shape index (κ3) is 8.06. The predicted molar refractivity (Wildman–Crippen MR) is 75.2 cm³/mol. The van der Waals surface area contributed by atoms with E-state index in [1.807, 2.05) is 20.8 Å². The van der Waals surface area contributed by atoms with Gasteiger partial charge in [0.1, 0.15) is 5.60 Å². The average Bonchev–Trinajstić information content (AvgIpc) is 2.31. The SMILES string of the molecule is CCCC(CO)(CCOC)CNC(=O)OC(C)(C)C. The van der Waals surface area contributed by atoms with Crippen molar-refractivity contribution in [3.05, 3.63) is 0 Å². The molecule has 0 spiro atoms. The molecular formula is C14H29NO4. The zero-order chi connectivity index (χ0) is 14.9. The van der Waals surface area contributed by atoms with Crippen molar-refractivity contribution in [1.82, 2.24) is 5.32 Å². The first-order valence-corrected chi connectivity index (χ1v) is 6.85. The summed E-state index contributed by atoms with van der Waals surface area (Å²) in [4.78, 5) is 11.7. The highest BCUT2D eigenvalue weighted by Crippen LogP contribution is 2.27. The van der Waals surface area contributed by atoms with Gasteiger partial charge in [0.05, 0.1) is 6.61 Å². The summed E-state index contributed by atoms with van der Waals surface area (Å²) in [5.41, 5.74) is -0.842. The Balaban J connectivity index is 4.43. The first-order chi connectivity index (χ1) is 8.78. The lowest BCUT2D eigenvalue weighted by molar-refractivity contribution is 0.0388. The van der Waals surface area contributed by atoms with Gasteiger partial charge in [0.25, 0.3) is 0 Å². The fraction of sp³-hybridized carbons (Fsp3) is 0.929. The Kier molecular flexibility index (Phi) is 8.02. The number of methoxy groups -OCH3 is 1. The Bertz CT molecular complexity index is 263. The van der Waals surface area contributed by atoms with Gasteiger partial charge in [-0.2, -0.15) is 0 Å². The maximum atomic E-state index is 11.7. The second kappa shape index (κ2) is 8.38. The molecule has 19 heavy (non-hydrogen) atoms. The van der Waals surface area contributed by atoms with Gasteiger partial charge in [-0.1, -0.05) is 13.3 Å². The number of carbonyl (C=O) groups excluding carboxylic acids is 1. The van der Waals surface area contributed by atoms with Crippen molar-refractivity contribution in [2.75, 3.05) is 26.9 Å². The standard InChI is InChI=1S/C14H29NO4/c1-6-7-14(11-16,8-9-18-5)10-15-12(17)19-13(2,3)4/h16H,6-11H2,1-5H3,(H,15,17). The number of aliphatic hydroxyl groups excluding tert-OH is 1. The van der Waals surface area contributed by atoms with E-state index >= 15 is 0 Å². The van der Waals surface area contributed by atoms with Crippen molar-refractivity contribution in [2.24, 2.45) is 5.41 Å². The van der Waals surface area contributed by atoms with Crippen molar-refractivity contribution in [3.8, 4) is 0 Å². The Hall–Kier alpha value is -0.810. The predicted octanol–water partition coefficient (Wildman–Crippen LogP) is 2.33. The summed E-state index contributed by atoms with van der Waals surface area (Å²) >= 11 is 0. The molecule has 1 atom stereocenters. The van der Waals surface area contributed by atoms with Crippen LogP contribution in [0.5, 0.6) is 0 Å². The van der Waals surface area contributed by atoms with E-state index < -0.39 is 11.7 Å². The van der Waals surface area contributed by atoms with Crippen LogP contribution in [-0.4, -0.2) is 43.7 Å². The minimum absolute atomic E-state index is 0.0278. The molecule has 0 aliphatic heterocycles. The molecule has 0 aliphatic carbocycles. The van der Waals surface area contributed by atoms with Crippen LogP contribution in [0, 0.1) is 5.41 Å². The highest BCUT2D eigenvalue weighted by Gasteiger charge is 2.29. The molecule has 0 fully saturated rings. The number of ether oxygens (including phenoxy) is 2. The molecule has 0 saturated carbocycles. The summed E-state index contributed by atoms with van der Waals surface area (Å²) in [6, 6.07) is 0. The van der Waals surface area contributed by atoms with Crippen LogP contribution in [-0.2, 0) is 9.47 Å². The largest absolute Gasteiger partial charge is 0.444 e. The van der Waals surface area contributed by atoms with Gasteiger partial charge in [-0.05, 0) is 33.6 Å². The number of hydrogen-bond acceptors (Lipinski definition) is 4. The number of rotatable bonds is 8. The van der Waals surface area contributed by atoms with Gasteiger partial charge in [-0.25, -0.2) is 4.79 Å². The maximum absolute atomic E-state index is 11.7. The Labute approximate surface area is 116 Å². The van der Waals surface area contributed by atoms with Gasteiger partial charge < -0.3 is 19.9 Å². The quantitative estimate of drug-likeness (QED) is 0.713. The summed E-state index contributed by atoms with van der Waals surface area (Å²) in [5.74, 6) is 0. The molecule has 0 rings (SSSR count). The third-order valence-corrected chi connectivity index (χ3v) is 2.96. The molecule has 2 N–H and O–H groups in total. The average molecular weight is 275 g/mol. The highest BCUT2D eigenvalue weighted by atomic mass is 16.6. The number of carbonyl (C=O) groups is 1. The monoisotopic (exact) mass is 275 g/mol. The fourth-order valence-corrected chi connectivity index (χ4v) is 1.94. The Morgan fingerprint density at radius 3 is 2.32 bits per heavy atom. The molecule has 114 valence electrons. The lowest BCUT2D eigenvalue weighted by Gasteiger charge is -2.32.